The third-order valence-electron chi connectivity index (χ3n) is 4.47. The lowest BCUT2D eigenvalue weighted by atomic mass is 9.75. The topological polar surface area (TPSA) is 18.5 Å². The molecule has 0 heterocycles. The van der Waals surface area contributed by atoms with E-state index in [-0.39, 0.29) is 11.0 Å². The molecule has 1 atom stereocenters. The van der Waals surface area contributed by atoms with Gasteiger partial charge in [-0.05, 0) is 56.7 Å². The quantitative estimate of drug-likeness (QED) is 0.661. The van der Waals surface area contributed by atoms with Crippen LogP contribution in [0.4, 0.5) is 0 Å². The van der Waals surface area contributed by atoms with Crippen LogP contribution in [0, 0.1) is 13.8 Å². The maximum Gasteiger partial charge on any atom is 0.126 e. The number of ether oxygens (including phenoxy) is 2. The van der Waals surface area contributed by atoms with Crippen molar-refractivity contribution in [3.05, 3.63) is 27.2 Å². The fourth-order valence-corrected chi connectivity index (χ4v) is 4.12. The van der Waals surface area contributed by atoms with Crippen molar-refractivity contribution in [1.82, 2.24) is 0 Å². The molecule has 1 unspecified atom stereocenters. The summed E-state index contributed by atoms with van der Waals surface area (Å²) < 4.78 is 12.4. The molecule has 112 valence electrons. The molecular weight excluding hydrogens is 340 g/mol. The Balaban J connectivity index is 2.35. The SMILES string of the molecule is COc1c(C)cc(Br)c(C)c1C(Cl)CC1(OC)CCC1. The van der Waals surface area contributed by atoms with Crippen LogP contribution in [0.15, 0.2) is 10.5 Å². The van der Waals surface area contributed by atoms with Crippen molar-refractivity contribution in [3.8, 4) is 5.75 Å². The van der Waals surface area contributed by atoms with E-state index in [4.69, 9.17) is 21.1 Å². The molecule has 1 fully saturated rings. The first kappa shape index (κ1) is 16.1. The number of halogens is 2. The van der Waals surface area contributed by atoms with Gasteiger partial charge >= 0.3 is 0 Å². The van der Waals surface area contributed by atoms with Crippen LogP contribution in [0.2, 0.25) is 0 Å². The number of aryl methyl sites for hydroxylation is 1. The molecule has 1 saturated carbocycles. The zero-order chi connectivity index (χ0) is 14.9. The second kappa shape index (κ2) is 6.25. The Kier molecular flexibility index (Phi) is 5.04. The summed E-state index contributed by atoms with van der Waals surface area (Å²) in [6.45, 7) is 4.13. The fourth-order valence-electron chi connectivity index (χ4n) is 3.01. The highest BCUT2D eigenvalue weighted by molar-refractivity contribution is 9.10. The number of rotatable bonds is 5. The molecule has 2 rings (SSSR count). The van der Waals surface area contributed by atoms with Gasteiger partial charge in [0.15, 0.2) is 0 Å². The van der Waals surface area contributed by atoms with E-state index >= 15 is 0 Å². The van der Waals surface area contributed by atoms with Gasteiger partial charge in [0, 0.05) is 17.1 Å². The summed E-state index contributed by atoms with van der Waals surface area (Å²) in [4.78, 5) is 0. The largest absolute Gasteiger partial charge is 0.496 e. The zero-order valence-electron chi connectivity index (χ0n) is 12.6. The fraction of sp³-hybridized carbons (Fsp3) is 0.625. The van der Waals surface area contributed by atoms with E-state index in [1.54, 1.807) is 14.2 Å². The van der Waals surface area contributed by atoms with Crippen molar-refractivity contribution in [3.63, 3.8) is 0 Å². The monoisotopic (exact) mass is 360 g/mol. The first-order chi connectivity index (χ1) is 9.44. The first-order valence-electron chi connectivity index (χ1n) is 6.97. The van der Waals surface area contributed by atoms with Gasteiger partial charge in [0.1, 0.15) is 5.75 Å². The normalized spacial score (nSPS) is 18.5. The summed E-state index contributed by atoms with van der Waals surface area (Å²) in [7, 11) is 3.50. The molecule has 1 aliphatic rings. The minimum atomic E-state index is -0.0959. The average molecular weight is 362 g/mol. The molecule has 1 aliphatic carbocycles. The van der Waals surface area contributed by atoms with Gasteiger partial charge in [0.25, 0.3) is 0 Å². The van der Waals surface area contributed by atoms with Gasteiger partial charge in [-0.15, -0.1) is 11.6 Å². The van der Waals surface area contributed by atoms with Crippen LogP contribution in [-0.4, -0.2) is 19.8 Å². The highest BCUT2D eigenvalue weighted by Gasteiger charge is 2.40. The maximum absolute atomic E-state index is 6.73. The van der Waals surface area contributed by atoms with Crippen molar-refractivity contribution in [2.75, 3.05) is 14.2 Å². The van der Waals surface area contributed by atoms with E-state index in [1.807, 2.05) is 6.92 Å². The molecule has 20 heavy (non-hydrogen) atoms. The predicted molar refractivity (Wildman–Crippen MR) is 87.0 cm³/mol. The van der Waals surface area contributed by atoms with Crippen molar-refractivity contribution in [2.24, 2.45) is 0 Å². The minimum absolute atomic E-state index is 0.0416. The molecule has 0 spiro atoms. The highest BCUT2D eigenvalue weighted by Crippen LogP contribution is 2.47. The lowest BCUT2D eigenvalue weighted by Crippen LogP contribution is -2.40. The van der Waals surface area contributed by atoms with E-state index < -0.39 is 0 Å². The van der Waals surface area contributed by atoms with E-state index in [2.05, 4.69) is 28.9 Å². The van der Waals surface area contributed by atoms with Crippen LogP contribution >= 0.6 is 27.5 Å². The summed E-state index contributed by atoms with van der Waals surface area (Å²) in [5.74, 6) is 0.899. The van der Waals surface area contributed by atoms with Gasteiger partial charge in [-0.25, -0.2) is 0 Å². The molecule has 0 amide bonds. The van der Waals surface area contributed by atoms with E-state index in [9.17, 15) is 0 Å². The third kappa shape index (κ3) is 2.86. The Hall–Kier alpha value is -0.250. The standard InChI is InChI=1S/C16H22BrClO2/c1-10-8-12(17)11(2)14(15(10)19-3)13(18)9-16(20-4)6-5-7-16/h8,13H,5-7,9H2,1-4H3. The Morgan fingerprint density at radius 3 is 2.45 bits per heavy atom. The average Bonchev–Trinajstić information content (AvgIpc) is 2.37. The number of hydrogen-bond acceptors (Lipinski definition) is 2. The molecule has 0 radical (unpaired) electrons. The Morgan fingerprint density at radius 2 is 2.00 bits per heavy atom. The van der Waals surface area contributed by atoms with Gasteiger partial charge in [-0.1, -0.05) is 15.9 Å². The summed E-state index contributed by atoms with van der Waals surface area (Å²) >= 11 is 10.3. The maximum atomic E-state index is 6.73. The molecule has 1 aromatic rings. The molecule has 4 heteroatoms. The zero-order valence-corrected chi connectivity index (χ0v) is 14.9. The lowest BCUT2D eigenvalue weighted by Gasteiger charge is -2.42. The predicted octanol–water partition coefficient (Wildman–Crippen LogP) is 5.31. The number of alkyl halides is 1. The Morgan fingerprint density at radius 1 is 1.35 bits per heavy atom. The van der Waals surface area contributed by atoms with Gasteiger partial charge < -0.3 is 9.47 Å². The van der Waals surface area contributed by atoms with Crippen molar-refractivity contribution in [2.45, 2.75) is 50.5 Å². The minimum Gasteiger partial charge on any atom is -0.496 e. The molecule has 0 aliphatic heterocycles. The van der Waals surface area contributed by atoms with Crippen LogP contribution in [0.25, 0.3) is 0 Å². The second-order valence-electron chi connectivity index (χ2n) is 5.66. The van der Waals surface area contributed by atoms with Gasteiger partial charge in [-0.3, -0.25) is 0 Å². The highest BCUT2D eigenvalue weighted by atomic mass is 79.9. The number of benzene rings is 1. The van der Waals surface area contributed by atoms with Crippen molar-refractivity contribution >= 4 is 27.5 Å². The van der Waals surface area contributed by atoms with Gasteiger partial charge in [0.05, 0.1) is 18.1 Å². The van der Waals surface area contributed by atoms with Crippen molar-refractivity contribution < 1.29 is 9.47 Å². The number of hydrogen-bond donors (Lipinski definition) is 0. The summed E-state index contributed by atoms with van der Waals surface area (Å²) in [5, 5.41) is -0.0959. The van der Waals surface area contributed by atoms with Gasteiger partial charge in [0.2, 0.25) is 0 Å². The third-order valence-corrected chi connectivity index (χ3v) is 5.67. The number of methoxy groups -OCH3 is 2. The van der Waals surface area contributed by atoms with E-state index in [0.29, 0.717) is 0 Å². The lowest BCUT2D eigenvalue weighted by molar-refractivity contribution is -0.0780. The Bertz CT molecular complexity index is 492. The van der Waals surface area contributed by atoms with E-state index in [1.165, 1.54) is 6.42 Å². The second-order valence-corrected chi connectivity index (χ2v) is 7.04. The van der Waals surface area contributed by atoms with Crippen LogP contribution in [-0.2, 0) is 4.74 Å². The Labute approximate surface area is 134 Å². The van der Waals surface area contributed by atoms with Crippen LogP contribution in [0.1, 0.15) is 47.8 Å². The van der Waals surface area contributed by atoms with Crippen LogP contribution in [0.3, 0.4) is 0 Å². The molecule has 0 bridgehead atoms. The van der Waals surface area contributed by atoms with Gasteiger partial charge in [-0.2, -0.15) is 0 Å². The summed E-state index contributed by atoms with van der Waals surface area (Å²) in [5.41, 5.74) is 3.30. The summed E-state index contributed by atoms with van der Waals surface area (Å²) in [6.07, 6.45) is 4.26. The smallest absolute Gasteiger partial charge is 0.126 e. The molecule has 0 aromatic heterocycles. The molecule has 1 aromatic carbocycles. The molecular formula is C16H22BrClO2. The summed E-state index contributed by atoms with van der Waals surface area (Å²) in [6, 6.07) is 2.08. The van der Waals surface area contributed by atoms with Crippen LogP contribution < -0.4 is 4.74 Å². The molecule has 2 nitrogen and oxygen atoms in total. The molecule has 0 saturated heterocycles. The molecule has 0 N–H and O–H groups in total. The first-order valence-corrected chi connectivity index (χ1v) is 8.20. The van der Waals surface area contributed by atoms with Crippen LogP contribution in [0.5, 0.6) is 5.75 Å². The van der Waals surface area contributed by atoms with Crippen molar-refractivity contribution in [1.29, 1.82) is 0 Å². The van der Waals surface area contributed by atoms with E-state index in [0.717, 1.165) is 46.2 Å².